The first-order valence-electron chi connectivity index (χ1n) is 4.39. The molecule has 0 N–H and O–H groups in total. The van der Waals surface area contributed by atoms with E-state index in [9.17, 15) is 4.39 Å². The van der Waals surface area contributed by atoms with Crippen LogP contribution < -0.4 is 0 Å². The van der Waals surface area contributed by atoms with Gasteiger partial charge in [0.1, 0.15) is 5.82 Å². The molecule has 0 fully saturated rings. The fourth-order valence-electron chi connectivity index (χ4n) is 1.08. The Morgan fingerprint density at radius 2 is 2.07 bits per heavy atom. The number of hydrogen-bond donors (Lipinski definition) is 0. The molecule has 0 aliphatic rings. The zero-order valence-corrected chi connectivity index (χ0v) is 9.15. The summed E-state index contributed by atoms with van der Waals surface area (Å²) in [6.07, 6.45) is 5.55. The SMILES string of the molecule is Fc1ccc(CC=CCCCl)c(Cl)c1. The lowest BCUT2D eigenvalue weighted by Gasteiger charge is -1.99. The first-order valence-corrected chi connectivity index (χ1v) is 5.30. The summed E-state index contributed by atoms with van der Waals surface area (Å²) in [5.74, 6) is 0.316. The lowest BCUT2D eigenvalue weighted by atomic mass is 10.1. The van der Waals surface area contributed by atoms with Gasteiger partial charge in [-0.15, -0.1) is 11.6 Å². The Morgan fingerprint density at radius 1 is 1.29 bits per heavy atom. The minimum absolute atomic E-state index is 0.302. The molecule has 3 heteroatoms. The first kappa shape index (κ1) is 11.5. The van der Waals surface area contributed by atoms with Crippen LogP contribution in [0.1, 0.15) is 12.0 Å². The number of allylic oxidation sites excluding steroid dienone is 2. The van der Waals surface area contributed by atoms with E-state index in [-0.39, 0.29) is 5.82 Å². The summed E-state index contributed by atoms with van der Waals surface area (Å²) in [5.41, 5.74) is 0.930. The van der Waals surface area contributed by atoms with Crippen molar-refractivity contribution in [3.8, 4) is 0 Å². The number of rotatable bonds is 4. The largest absolute Gasteiger partial charge is 0.207 e. The summed E-state index contributed by atoms with van der Waals surface area (Å²) in [4.78, 5) is 0. The molecule has 14 heavy (non-hydrogen) atoms. The average Bonchev–Trinajstić information content (AvgIpc) is 2.15. The Balaban J connectivity index is 2.59. The van der Waals surface area contributed by atoms with E-state index in [4.69, 9.17) is 23.2 Å². The number of halogens is 3. The quantitative estimate of drug-likeness (QED) is 0.539. The van der Waals surface area contributed by atoms with Gasteiger partial charge in [-0.2, -0.15) is 0 Å². The molecule has 0 aromatic heterocycles. The number of alkyl halides is 1. The third-order valence-corrected chi connectivity index (χ3v) is 2.37. The van der Waals surface area contributed by atoms with Crippen molar-refractivity contribution in [1.29, 1.82) is 0 Å². The summed E-state index contributed by atoms with van der Waals surface area (Å²) in [5, 5.41) is 0.473. The Bertz CT molecular complexity index is 321. The molecule has 0 spiro atoms. The molecule has 0 atom stereocenters. The van der Waals surface area contributed by atoms with Crippen molar-refractivity contribution in [1.82, 2.24) is 0 Å². The highest BCUT2D eigenvalue weighted by Gasteiger charge is 1.99. The monoisotopic (exact) mass is 232 g/mol. The van der Waals surface area contributed by atoms with Crippen LogP contribution in [0.2, 0.25) is 5.02 Å². The summed E-state index contributed by atoms with van der Waals surface area (Å²) in [6, 6.07) is 4.44. The maximum Gasteiger partial charge on any atom is 0.124 e. The van der Waals surface area contributed by atoms with Crippen LogP contribution in [0, 0.1) is 5.82 Å². The van der Waals surface area contributed by atoms with Gasteiger partial charge in [-0.1, -0.05) is 29.8 Å². The van der Waals surface area contributed by atoms with Crippen LogP contribution in [0.15, 0.2) is 30.4 Å². The van der Waals surface area contributed by atoms with Crippen molar-refractivity contribution < 1.29 is 4.39 Å². The van der Waals surface area contributed by atoms with Gasteiger partial charge >= 0.3 is 0 Å². The number of benzene rings is 1. The predicted molar refractivity (Wildman–Crippen MR) is 59.6 cm³/mol. The molecule has 0 bridgehead atoms. The van der Waals surface area contributed by atoms with E-state index in [1.165, 1.54) is 12.1 Å². The van der Waals surface area contributed by atoms with Crippen LogP contribution in [0.25, 0.3) is 0 Å². The van der Waals surface area contributed by atoms with E-state index < -0.39 is 0 Å². The van der Waals surface area contributed by atoms with Crippen LogP contribution in [0.5, 0.6) is 0 Å². The molecule has 0 aliphatic carbocycles. The van der Waals surface area contributed by atoms with Crippen molar-refractivity contribution in [3.05, 3.63) is 46.8 Å². The highest BCUT2D eigenvalue weighted by molar-refractivity contribution is 6.31. The van der Waals surface area contributed by atoms with E-state index in [0.717, 1.165) is 18.4 Å². The summed E-state index contributed by atoms with van der Waals surface area (Å²) in [7, 11) is 0. The molecular weight excluding hydrogens is 222 g/mol. The van der Waals surface area contributed by atoms with Gasteiger partial charge in [0.15, 0.2) is 0 Å². The normalized spacial score (nSPS) is 11.1. The van der Waals surface area contributed by atoms with Crippen molar-refractivity contribution in [2.75, 3.05) is 5.88 Å². The van der Waals surface area contributed by atoms with Crippen molar-refractivity contribution in [2.24, 2.45) is 0 Å². The highest BCUT2D eigenvalue weighted by atomic mass is 35.5. The van der Waals surface area contributed by atoms with Crippen molar-refractivity contribution in [2.45, 2.75) is 12.8 Å². The van der Waals surface area contributed by atoms with E-state index in [1.54, 1.807) is 6.07 Å². The molecule has 0 amide bonds. The fraction of sp³-hybridized carbons (Fsp3) is 0.273. The Labute approximate surface area is 93.3 Å². The van der Waals surface area contributed by atoms with E-state index in [0.29, 0.717) is 10.9 Å². The lowest BCUT2D eigenvalue weighted by Crippen LogP contribution is -1.84. The molecule has 76 valence electrons. The highest BCUT2D eigenvalue weighted by Crippen LogP contribution is 2.17. The van der Waals surface area contributed by atoms with Crippen LogP contribution in [-0.4, -0.2) is 5.88 Å². The molecule has 0 heterocycles. The minimum atomic E-state index is -0.302. The lowest BCUT2D eigenvalue weighted by molar-refractivity contribution is 0.627. The maximum atomic E-state index is 12.7. The van der Waals surface area contributed by atoms with Crippen LogP contribution >= 0.6 is 23.2 Å². The van der Waals surface area contributed by atoms with Crippen molar-refractivity contribution >= 4 is 23.2 Å². The van der Waals surface area contributed by atoms with Gasteiger partial charge in [0.25, 0.3) is 0 Å². The fourth-order valence-corrected chi connectivity index (χ4v) is 1.45. The van der Waals surface area contributed by atoms with Gasteiger partial charge < -0.3 is 0 Å². The molecule has 0 unspecified atom stereocenters. The summed E-state index contributed by atoms with van der Waals surface area (Å²) in [6.45, 7) is 0. The van der Waals surface area contributed by atoms with Gasteiger partial charge in [0.05, 0.1) is 0 Å². The molecule has 0 aliphatic heterocycles. The van der Waals surface area contributed by atoms with Crippen LogP contribution in [-0.2, 0) is 6.42 Å². The molecule has 1 aromatic rings. The second-order valence-corrected chi connectivity index (χ2v) is 3.67. The predicted octanol–water partition coefficient (Wildman–Crippen LogP) is 4.21. The van der Waals surface area contributed by atoms with E-state index in [1.807, 2.05) is 12.2 Å². The molecule has 1 aromatic carbocycles. The third-order valence-electron chi connectivity index (χ3n) is 1.80. The van der Waals surface area contributed by atoms with Gasteiger partial charge in [-0.3, -0.25) is 0 Å². The molecule has 0 radical (unpaired) electrons. The third kappa shape index (κ3) is 3.69. The van der Waals surface area contributed by atoms with Gasteiger partial charge in [-0.25, -0.2) is 4.39 Å². The van der Waals surface area contributed by atoms with Crippen molar-refractivity contribution in [3.63, 3.8) is 0 Å². The van der Waals surface area contributed by atoms with Gasteiger partial charge in [0.2, 0.25) is 0 Å². The zero-order valence-electron chi connectivity index (χ0n) is 7.64. The summed E-state index contributed by atoms with van der Waals surface area (Å²) < 4.78 is 12.7. The smallest absolute Gasteiger partial charge is 0.124 e. The topological polar surface area (TPSA) is 0 Å². The Kier molecular flexibility index (Phi) is 4.99. The Hall–Kier alpha value is -0.530. The van der Waals surface area contributed by atoms with E-state index in [2.05, 4.69) is 0 Å². The molecule has 0 saturated carbocycles. The second kappa shape index (κ2) is 6.05. The maximum absolute atomic E-state index is 12.7. The van der Waals surface area contributed by atoms with E-state index >= 15 is 0 Å². The zero-order chi connectivity index (χ0) is 10.4. The molecular formula is C11H11Cl2F. The van der Waals surface area contributed by atoms with Gasteiger partial charge in [0, 0.05) is 10.9 Å². The Morgan fingerprint density at radius 3 is 2.71 bits per heavy atom. The molecule has 0 nitrogen and oxygen atoms in total. The number of hydrogen-bond acceptors (Lipinski definition) is 0. The summed E-state index contributed by atoms with van der Waals surface area (Å²) >= 11 is 11.4. The second-order valence-electron chi connectivity index (χ2n) is 2.89. The molecule has 1 rings (SSSR count). The van der Waals surface area contributed by atoms with Gasteiger partial charge in [-0.05, 0) is 30.5 Å². The van der Waals surface area contributed by atoms with Crippen LogP contribution in [0.4, 0.5) is 4.39 Å². The standard InChI is InChI=1S/C11H11Cl2F/c12-7-3-1-2-4-9-5-6-10(14)8-11(9)13/h1-2,5-6,8H,3-4,7H2. The average molecular weight is 233 g/mol. The molecule has 0 saturated heterocycles. The van der Waals surface area contributed by atoms with Crippen LogP contribution in [0.3, 0.4) is 0 Å². The first-order chi connectivity index (χ1) is 6.74. The minimum Gasteiger partial charge on any atom is -0.207 e.